The van der Waals surface area contributed by atoms with E-state index in [1.807, 2.05) is 30.3 Å². The number of amidine groups is 1. The fraction of sp³-hybridized carbons (Fsp3) is 0.100. The van der Waals surface area contributed by atoms with E-state index in [0.717, 1.165) is 16.6 Å². The van der Waals surface area contributed by atoms with Crippen LogP contribution in [0.3, 0.4) is 0 Å². The number of benzene rings is 1. The van der Waals surface area contributed by atoms with Gasteiger partial charge in [-0.1, -0.05) is 12.1 Å². The molecule has 0 bridgehead atoms. The van der Waals surface area contributed by atoms with Crippen molar-refractivity contribution in [1.29, 1.82) is 0 Å². The van der Waals surface area contributed by atoms with Crippen LogP contribution in [0.4, 0.5) is 4.39 Å². The van der Waals surface area contributed by atoms with Crippen LogP contribution >= 0.6 is 11.8 Å². The largest absolute Gasteiger partial charge is 0.364 e. The molecule has 1 aliphatic rings. The molecule has 134 valence electrons. The molecule has 0 unspecified atom stereocenters. The molecule has 0 fully saturated rings. The van der Waals surface area contributed by atoms with Gasteiger partial charge < -0.3 is 5.32 Å². The number of thioether (sulfide) groups is 1. The zero-order valence-electron chi connectivity index (χ0n) is 14.2. The Balaban J connectivity index is 1.40. The molecule has 1 amide bonds. The van der Waals surface area contributed by atoms with E-state index in [2.05, 4.69) is 20.3 Å². The number of rotatable bonds is 4. The van der Waals surface area contributed by atoms with Gasteiger partial charge in [-0.3, -0.25) is 9.78 Å². The van der Waals surface area contributed by atoms with Gasteiger partial charge in [0.2, 0.25) is 0 Å². The summed E-state index contributed by atoms with van der Waals surface area (Å²) < 4.78 is 13.2. The Morgan fingerprint density at radius 3 is 2.93 bits per heavy atom. The molecule has 0 atom stereocenters. The summed E-state index contributed by atoms with van der Waals surface area (Å²) in [4.78, 5) is 25.4. The number of hydrogen-bond acceptors (Lipinski definition) is 5. The van der Waals surface area contributed by atoms with Gasteiger partial charge in [0.1, 0.15) is 5.82 Å². The minimum absolute atomic E-state index is 0.251. The molecule has 0 saturated heterocycles. The summed E-state index contributed by atoms with van der Waals surface area (Å²) in [7, 11) is 0. The molecule has 2 aromatic heterocycles. The lowest BCUT2D eigenvalue weighted by Crippen LogP contribution is -2.21. The number of amides is 1. The molecule has 1 aliphatic heterocycles. The van der Waals surface area contributed by atoms with Crippen molar-refractivity contribution in [2.45, 2.75) is 6.42 Å². The fourth-order valence-electron chi connectivity index (χ4n) is 2.68. The number of carbonyl (C=O) groups is 1. The highest BCUT2D eigenvalue weighted by molar-refractivity contribution is 8.18. The van der Waals surface area contributed by atoms with Gasteiger partial charge >= 0.3 is 0 Å². The minimum Gasteiger partial charge on any atom is -0.364 e. The Hall–Kier alpha value is -3.06. The van der Waals surface area contributed by atoms with Crippen LogP contribution in [-0.4, -0.2) is 27.6 Å². The lowest BCUT2D eigenvalue weighted by molar-refractivity contribution is -0.113. The Morgan fingerprint density at radius 2 is 2.04 bits per heavy atom. The van der Waals surface area contributed by atoms with Gasteiger partial charge in [0.25, 0.3) is 5.91 Å². The van der Waals surface area contributed by atoms with Gasteiger partial charge in [-0.2, -0.15) is 4.99 Å². The highest BCUT2D eigenvalue weighted by Gasteiger charge is 2.21. The van der Waals surface area contributed by atoms with Crippen molar-refractivity contribution >= 4 is 39.9 Å². The van der Waals surface area contributed by atoms with Gasteiger partial charge in [-0.05, 0) is 66.2 Å². The van der Waals surface area contributed by atoms with Crippen LogP contribution in [-0.2, 0) is 11.2 Å². The van der Waals surface area contributed by atoms with E-state index in [0.29, 0.717) is 28.7 Å². The van der Waals surface area contributed by atoms with E-state index < -0.39 is 0 Å². The normalized spacial score (nSPS) is 15.4. The molecule has 0 aliphatic carbocycles. The van der Waals surface area contributed by atoms with E-state index in [1.165, 1.54) is 23.9 Å². The van der Waals surface area contributed by atoms with Crippen LogP contribution in [0.15, 0.2) is 64.6 Å². The fourth-order valence-corrected chi connectivity index (χ4v) is 3.50. The van der Waals surface area contributed by atoms with Crippen LogP contribution in [0.2, 0.25) is 0 Å². The molecule has 4 rings (SSSR count). The average molecular weight is 378 g/mol. The number of aliphatic imine (C=N–C) groups is 1. The van der Waals surface area contributed by atoms with Crippen LogP contribution in [0.25, 0.3) is 17.1 Å². The number of hydrogen-bond donors (Lipinski definition) is 1. The molecule has 1 N–H and O–H groups in total. The minimum atomic E-state index is -0.290. The first-order valence-electron chi connectivity index (χ1n) is 8.40. The molecule has 27 heavy (non-hydrogen) atoms. The summed E-state index contributed by atoms with van der Waals surface area (Å²) in [5, 5.41) is 3.67. The van der Waals surface area contributed by atoms with Gasteiger partial charge in [0.05, 0.1) is 21.6 Å². The number of carbonyl (C=O) groups excluding carboxylic acids is 1. The molecule has 3 aromatic rings. The summed E-state index contributed by atoms with van der Waals surface area (Å²) in [6.45, 7) is 0.565. The molecule has 1 aromatic carbocycles. The summed E-state index contributed by atoms with van der Waals surface area (Å²) in [6.07, 6.45) is 4.09. The molecule has 0 saturated carbocycles. The molecular formula is C20H15FN4OS. The van der Waals surface area contributed by atoms with Crippen LogP contribution in [0, 0.1) is 5.82 Å². The highest BCUT2D eigenvalue weighted by Crippen LogP contribution is 2.27. The monoisotopic (exact) mass is 378 g/mol. The molecule has 0 spiro atoms. The number of aromatic nitrogens is 2. The van der Waals surface area contributed by atoms with Crippen LogP contribution in [0.1, 0.15) is 11.3 Å². The number of pyridine rings is 2. The summed E-state index contributed by atoms with van der Waals surface area (Å²) in [6, 6.07) is 13.9. The maximum Gasteiger partial charge on any atom is 0.286 e. The van der Waals surface area contributed by atoms with E-state index in [9.17, 15) is 9.18 Å². The predicted octanol–water partition coefficient (Wildman–Crippen LogP) is 3.57. The van der Waals surface area contributed by atoms with E-state index in [-0.39, 0.29) is 11.7 Å². The third-order valence-corrected chi connectivity index (χ3v) is 4.90. The van der Waals surface area contributed by atoms with Crippen molar-refractivity contribution in [1.82, 2.24) is 15.3 Å². The van der Waals surface area contributed by atoms with Crippen molar-refractivity contribution in [3.8, 4) is 0 Å². The van der Waals surface area contributed by atoms with Gasteiger partial charge in [-0.15, -0.1) is 0 Å². The first-order valence-corrected chi connectivity index (χ1v) is 9.22. The molecule has 7 heteroatoms. The summed E-state index contributed by atoms with van der Waals surface area (Å²) in [5.41, 5.74) is 3.15. The first kappa shape index (κ1) is 17.4. The number of nitrogens with zero attached hydrogens (tertiary/aromatic N) is 3. The van der Waals surface area contributed by atoms with Crippen molar-refractivity contribution in [2.24, 2.45) is 4.99 Å². The lowest BCUT2D eigenvalue weighted by Gasteiger charge is -2.05. The Bertz CT molecular complexity index is 1080. The molecule has 0 radical (unpaired) electrons. The predicted molar refractivity (Wildman–Crippen MR) is 106 cm³/mol. The molecule has 5 nitrogen and oxygen atoms in total. The van der Waals surface area contributed by atoms with Crippen molar-refractivity contribution in [3.63, 3.8) is 0 Å². The maximum absolute atomic E-state index is 13.2. The van der Waals surface area contributed by atoms with Gasteiger partial charge in [0.15, 0.2) is 5.17 Å². The van der Waals surface area contributed by atoms with Gasteiger partial charge in [0, 0.05) is 12.7 Å². The van der Waals surface area contributed by atoms with E-state index >= 15 is 0 Å². The third kappa shape index (κ3) is 4.20. The quantitative estimate of drug-likeness (QED) is 0.703. The Kier molecular flexibility index (Phi) is 4.93. The van der Waals surface area contributed by atoms with Crippen LogP contribution in [0.5, 0.6) is 0 Å². The van der Waals surface area contributed by atoms with Crippen molar-refractivity contribution < 1.29 is 9.18 Å². The summed E-state index contributed by atoms with van der Waals surface area (Å²) >= 11 is 1.28. The topological polar surface area (TPSA) is 67.2 Å². The highest BCUT2D eigenvalue weighted by atomic mass is 32.2. The second kappa shape index (κ2) is 7.67. The zero-order chi connectivity index (χ0) is 18.6. The van der Waals surface area contributed by atoms with E-state index in [4.69, 9.17) is 0 Å². The standard InChI is InChI=1S/C20H15FN4OS/c21-14-4-1-3-13(11-14)8-10-23-20-25-19(26)18(27-20)12-15-6-7-16-17(24-15)5-2-9-22-16/h1-7,9,11-12H,8,10H2,(H,23,25,26)/b18-12-. The Labute approximate surface area is 159 Å². The van der Waals surface area contributed by atoms with Crippen molar-refractivity contribution in [2.75, 3.05) is 6.54 Å². The second-order valence-electron chi connectivity index (χ2n) is 5.92. The smallest absolute Gasteiger partial charge is 0.286 e. The number of nitrogens with one attached hydrogen (secondary N) is 1. The SMILES string of the molecule is O=C1N=C(NCCc2cccc(F)c2)S/C1=C\c1ccc2ncccc2n1. The first-order chi connectivity index (χ1) is 13.2. The molecule has 3 heterocycles. The number of fused-ring (bicyclic) bond motifs is 1. The zero-order valence-corrected chi connectivity index (χ0v) is 15.0. The molecular weight excluding hydrogens is 363 g/mol. The Morgan fingerprint density at radius 1 is 1.11 bits per heavy atom. The summed E-state index contributed by atoms with van der Waals surface area (Å²) in [5.74, 6) is -0.542. The van der Waals surface area contributed by atoms with Crippen molar-refractivity contribution in [3.05, 3.63) is 76.7 Å². The second-order valence-corrected chi connectivity index (χ2v) is 6.95. The van der Waals surface area contributed by atoms with Crippen LogP contribution < -0.4 is 5.32 Å². The maximum atomic E-state index is 13.2. The average Bonchev–Trinajstić information content (AvgIpc) is 3.01. The number of halogens is 1. The van der Waals surface area contributed by atoms with Gasteiger partial charge in [-0.25, -0.2) is 9.37 Å². The lowest BCUT2D eigenvalue weighted by atomic mass is 10.1. The van der Waals surface area contributed by atoms with E-state index in [1.54, 1.807) is 18.3 Å². The third-order valence-electron chi connectivity index (χ3n) is 3.96.